The standard InChI is InChI=1S/2C6H12O6S.3C5H10O6S.3C4H8O6S.C3H6O6S.6Li/c2*1-2-11-6(7)12-4-3-5-13(8,9)10;1-10-5(6)11-3-2-4-12(7,8)9;2*1-2-10-5(6)11-3-4-12(7,8)9;1-9-4(5)10-2-3-11(6,7)8;2*1-2-9-4(5)10-3-11(6,7)8;1-8-3(4)9-2-10(5,6)7;;;;;;/h2*2-5H2,1H3,(H,8,9,10);3*2-4H2,1H3,(H,7,8,9);3*2-3H2,1H3,(H,6,7,8);2H2,1H3,(H,5,6,7);;;;;;/q;;;;;;;;;6*+1/p-6. The van der Waals surface area contributed by atoms with Crippen LogP contribution in [0.4, 0.5) is 43.2 Å². The fraction of sp³-hybridized carbons (Fsp3) is 0.786. The van der Waals surface area contributed by atoms with Crippen LogP contribution in [0.2, 0.25) is 0 Å². The van der Waals surface area contributed by atoms with Crippen LogP contribution in [0.5, 0.6) is 0 Å². The molecule has 3 N–H and O–H groups in total. The number of carbonyl (C=O) groups is 9. The van der Waals surface area contributed by atoms with Crippen LogP contribution in [-0.2, 0) is 176 Å². The van der Waals surface area contributed by atoms with Gasteiger partial charge in [0, 0.05) is 11.5 Å². The Morgan fingerprint density at radius 1 is 0.225 bits per heavy atom. The van der Waals surface area contributed by atoms with Gasteiger partial charge in [0.1, 0.15) is 45.8 Å². The summed E-state index contributed by atoms with van der Waals surface area (Å²) in [7, 11) is -35.2. The summed E-state index contributed by atoms with van der Waals surface area (Å²) in [5, 5.41) is 0. The molecule has 0 aromatic heterocycles. The van der Waals surface area contributed by atoms with Gasteiger partial charge in [-0.05, 0) is 60.8 Å². The quantitative estimate of drug-likeness (QED) is 0.0181. The van der Waals surface area contributed by atoms with Crippen LogP contribution in [0.1, 0.15) is 60.8 Å². The maximum Gasteiger partial charge on any atom is 1.00 e. The molecule has 0 aliphatic heterocycles. The van der Waals surface area contributed by atoms with Crippen LogP contribution in [0.15, 0.2) is 0 Å². The van der Waals surface area contributed by atoms with Gasteiger partial charge in [0.15, 0.2) is 11.9 Å². The first kappa shape index (κ1) is 142. The summed E-state index contributed by atoms with van der Waals surface area (Å²) < 4.78 is 339. The number of rotatable bonds is 33. The molecular weight excluding hydrogens is 1700 g/mol. The van der Waals surface area contributed by atoms with Gasteiger partial charge in [-0.1, -0.05) is 0 Å². The van der Waals surface area contributed by atoms with E-state index >= 15 is 0 Å². The third kappa shape index (κ3) is 167. The molecule has 69 heteroatoms. The molecule has 0 amide bonds. The first-order valence-corrected chi connectivity index (χ1v) is 41.2. The fourth-order valence-electron chi connectivity index (χ4n) is 3.36. The zero-order valence-electron chi connectivity index (χ0n) is 62.3. The van der Waals surface area contributed by atoms with Gasteiger partial charge in [0.2, 0.25) is 5.94 Å². The van der Waals surface area contributed by atoms with Crippen molar-refractivity contribution < 1.29 is 358 Å². The molecular formula is C42H78Li6O54S9. The summed E-state index contributed by atoms with van der Waals surface area (Å²) in [6, 6.07) is 0. The predicted molar refractivity (Wildman–Crippen MR) is 329 cm³/mol. The van der Waals surface area contributed by atoms with Crippen molar-refractivity contribution >= 4 is 146 Å². The van der Waals surface area contributed by atoms with E-state index < -0.39 is 219 Å². The van der Waals surface area contributed by atoms with E-state index in [0.29, 0.717) is 0 Å². The maximum absolute atomic E-state index is 10.5. The Morgan fingerprint density at radius 3 is 0.613 bits per heavy atom. The van der Waals surface area contributed by atoms with Crippen molar-refractivity contribution in [3.63, 3.8) is 0 Å². The van der Waals surface area contributed by atoms with Crippen molar-refractivity contribution in [1.29, 1.82) is 0 Å². The molecule has 0 spiro atoms. The number of carbonyl (C=O) groups excluding carboxylic acids is 9. The minimum absolute atomic E-state index is 0. The van der Waals surface area contributed by atoms with E-state index in [9.17, 15) is 146 Å². The second kappa shape index (κ2) is 82.7. The fourth-order valence-corrected chi connectivity index (χ4v) is 6.38. The Hall–Kier alpha value is -3.80. The Morgan fingerprint density at radius 2 is 0.405 bits per heavy atom. The molecule has 0 saturated heterocycles. The summed E-state index contributed by atoms with van der Waals surface area (Å²) in [5.74, 6) is -7.04. The first-order valence-electron chi connectivity index (χ1n) is 27.0. The normalized spacial score (nSPS) is 10.2. The van der Waals surface area contributed by atoms with E-state index in [1.54, 1.807) is 27.7 Å². The van der Waals surface area contributed by atoms with Gasteiger partial charge >= 0.3 is 179 Å². The van der Waals surface area contributed by atoms with Gasteiger partial charge in [-0.15, -0.1) is 0 Å². The van der Waals surface area contributed by atoms with Crippen molar-refractivity contribution in [1.82, 2.24) is 0 Å². The molecule has 0 heterocycles. The third-order valence-electron chi connectivity index (χ3n) is 6.99. The van der Waals surface area contributed by atoms with Crippen LogP contribution in [-0.4, -0.2) is 325 Å². The molecule has 54 nitrogen and oxygen atoms in total. The van der Waals surface area contributed by atoms with Crippen molar-refractivity contribution in [3.8, 4) is 0 Å². The average molecular weight is 1780 g/mol. The minimum atomic E-state index is -4.51. The Bertz CT molecular complexity index is 3370. The number of methoxy groups -OCH3 is 3. The van der Waals surface area contributed by atoms with Crippen LogP contribution in [0.3, 0.4) is 0 Å². The summed E-state index contributed by atoms with van der Waals surface area (Å²) in [6.45, 7) is 8.62. The van der Waals surface area contributed by atoms with Crippen LogP contribution < -0.4 is 113 Å². The molecule has 0 atom stereocenters. The van der Waals surface area contributed by atoms with Crippen LogP contribution in [0.25, 0.3) is 0 Å². The molecule has 0 fully saturated rings. The van der Waals surface area contributed by atoms with Crippen LogP contribution >= 0.6 is 0 Å². The average Bonchev–Trinajstić information content (AvgIpc) is 0.842. The summed E-state index contributed by atoms with van der Waals surface area (Å²) in [6.07, 6.45) is -8.95. The predicted octanol–water partition coefficient (Wildman–Crippen LogP) is -19.7. The zero-order valence-corrected chi connectivity index (χ0v) is 69.7. The Kier molecular flexibility index (Phi) is 106. The monoisotopic (exact) mass is 1780 g/mol. The molecule has 0 radical (unpaired) electrons. The minimum Gasteiger partial charge on any atom is -0.748 e. The topological polar surface area (TPSA) is 826 Å². The smallest absolute Gasteiger partial charge is 0.748 e. The largest absolute Gasteiger partial charge is 1.00 e. The summed E-state index contributed by atoms with van der Waals surface area (Å²) >= 11 is 0. The molecule has 0 unspecified atom stereocenters. The van der Waals surface area contributed by atoms with E-state index in [2.05, 4.69) is 85.3 Å². The molecule has 111 heavy (non-hydrogen) atoms. The first-order chi connectivity index (χ1) is 47.6. The van der Waals surface area contributed by atoms with Crippen molar-refractivity contribution in [2.24, 2.45) is 0 Å². The van der Waals surface area contributed by atoms with Gasteiger partial charge in [-0.3, -0.25) is 13.7 Å². The Labute approximate surface area is 712 Å². The number of hydrogen-bond acceptors (Lipinski definition) is 51. The molecule has 630 valence electrons. The molecule has 0 aromatic carbocycles. The van der Waals surface area contributed by atoms with Crippen molar-refractivity contribution in [3.05, 3.63) is 0 Å². The molecule has 0 aliphatic rings. The zero-order chi connectivity index (χ0) is 84.4. The van der Waals surface area contributed by atoms with Gasteiger partial charge in [0.05, 0.1) is 139 Å². The van der Waals surface area contributed by atoms with Crippen molar-refractivity contribution in [2.75, 3.05) is 153 Å². The second-order valence-corrected chi connectivity index (χ2v) is 29.1. The van der Waals surface area contributed by atoms with E-state index in [1.165, 1.54) is 13.8 Å². The van der Waals surface area contributed by atoms with Gasteiger partial charge < -0.3 is 113 Å². The number of ether oxygens (including phenoxy) is 18. The van der Waals surface area contributed by atoms with Gasteiger partial charge in [-0.25, -0.2) is 93.7 Å². The summed E-state index contributed by atoms with van der Waals surface area (Å²) in [4.78, 5) is 92.7. The number of hydrogen-bond donors (Lipinski definition) is 3. The SMILES string of the molecule is CCOC(=O)OCCCS(=O)(=O)O.CCOC(=O)OCCCS(=O)(=O)[O-].CCOC(=O)OCCS(=O)(=O)O.CCOC(=O)OCCS(=O)(=O)[O-].CCOC(=O)OCS(=O)(=O)O.CCOC(=O)OCS(=O)(=O)[O-].COC(=O)OCCCS(=O)(=O)[O-].COC(=O)OCCS(=O)(=O)[O-].COC(=O)OCS(=O)(=O)[O-].[Li+].[Li+].[Li+].[Li+].[Li+].[Li+]. The van der Waals surface area contributed by atoms with Gasteiger partial charge in [0.25, 0.3) is 20.2 Å². The summed E-state index contributed by atoms with van der Waals surface area (Å²) in [5.41, 5.74) is 0. The van der Waals surface area contributed by atoms with E-state index in [-0.39, 0.29) is 192 Å². The van der Waals surface area contributed by atoms with E-state index in [0.717, 1.165) is 21.3 Å². The Balaban J connectivity index is -0.0000000714. The maximum atomic E-state index is 10.5. The molecule has 0 aromatic rings. The van der Waals surface area contributed by atoms with E-state index in [1.807, 2.05) is 0 Å². The van der Waals surface area contributed by atoms with E-state index in [4.69, 9.17) is 13.7 Å². The second-order valence-electron chi connectivity index (χ2n) is 15.7. The molecule has 0 saturated carbocycles. The van der Waals surface area contributed by atoms with Gasteiger partial charge in [-0.2, -0.15) is 25.3 Å². The molecule has 0 rings (SSSR count). The van der Waals surface area contributed by atoms with Crippen molar-refractivity contribution in [2.45, 2.75) is 60.8 Å². The molecule has 0 bridgehead atoms. The molecule has 0 aliphatic carbocycles. The third-order valence-corrected chi connectivity index (χ3v) is 12.6. The van der Waals surface area contributed by atoms with Crippen LogP contribution in [0, 0.1) is 0 Å².